The number of nitrogens with one attached hydrogen (secondary N) is 1. The van der Waals surface area contributed by atoms with Crippen molar-refractivity contribution in [1.29, 1.82) is 0 Å². The minimum absolute atomic E-state index is 0.0826. The van der Waals surface area contributed by atoms with Gasteiger partial charge in [0.15, 0.2) is 0 Å². The highest BCUT2D eigenvalue weighted by molar-refractivity contribution is 7.11. The number of aromatic nitrogens is 1. The fourth-order valence-corrected chi connectivity index (χ4v) is 6.48. The van der Waals surface area contributed by atoms with E-state index in [4.69, 9.17) is 25.5 Å². The summed E-state index contributed by atoms with van der Waals surface area (Å²) in [6, 6.07) is 9.06. The molecule has 42 heavy (non-hydrogen) atoms. The maximum absolute atomic E-state index is 15.3. The number of ether oxygens (including phenoxy) is 2. The average molecular weight is 614 g/mol. The third kappa shape index (κ3) is 6.33. The number of rotatable bonds is 10. The Morgan fingerprint density at radius 3 is 2.81 bits per heavy atom. The Labute approximate surface area is 250 Å². The van der Waals surface area contributed by atoms with Crippen molar-refractivity contribution in [3.05, 3.63) is 80.7 Å². The summed E-state index contributed by atoms with van der Waals surface area (Å²) in [4.78, 5) is 45.3. The SMILES string of the molecule is COC[C@@H]1CC[C@@H](c2ncc(CCC(=O)OC)s2)N1C(=O)Cc1cc(Cl)c(NC(=O)c2coc3ccccc23)cc1F. The van der Waals surface area contributed by atoms with Crippen molar-refractivity contribution in [2.45, 2.75) is 44.2 Å². The van der Waals surface area contributed by atoms with E-state index in [-0.39, 0.29) is 53.1 Å². The van der Waals surface area contributed by atoms with Crippen molar-refractivity contribution in [3.63, 3.8) is 0 Å². The lowest BCUT2D eigenvalue weighted by atomic mass is 10.1. The molecular weight excluding hydrogens is 585 g/mol. The Bertz CT molecular complexity index is 1620. The number of furan rings is 1. The lowest BCUT2D eigenvalue weighted by Crippen LogP contribution is -2.40. The van der Waals surface area contributed by atoms with E-state index in [2.05, 4.69) is 10.3 Å². The van der Waals surface area contributed by atoms with Crippen LogP contribution in [0.15, 0.2) is 53.3 Å². The highest BCUT2D eigenvalue weighted by Gasteiger charge is 2.39. The van der Waals surface area contributed by atoms with Gasteiger partial charge >= 0.3 is 5.97 Å². The van der Waals surface area contributed by atoms with Crippen LogP contribution in [0, 0.1) is 5.82 Å². The largest absolute Gasteiger partial charge is 0.469 e. The smallest absolute Gasteiger partial charge is 0.305 e. The van der Waals surface area contributed by atoms with Crippen LogP contribution in [-0.2, 0) is 31.9 Å². The molecule has 4 aromatic rings. The van der Waals surface area contributed by atoms with Crippen LogP contribution in [0.4, 0.5) is 10.1 Å². The number of anilines is 1. The number of amides is 2. The van der Waals surface area contributed by atoms with E-state index in [0.717, 1.165) is 16.0 Å². The van der Waals surface area contributed by atoms with Gasteiger partial charge in [-0.15, -0.1) is 11.3 Å². The normalized spacial score (nSPS) is 16.6. The molecule has 1 N–H and O–H groups in total. The molecule has 0 saturated carbocycles. The van der Waals surface area contributed by atoms with Crippen LogP contribution in [0.1, 0.15) is 51.1 Å². The van der Waals surface area contributed by atoms with Crippen molar-refractivity contribution in [1.82, 2.24) is 9.88 Å². The van der Waals surface area contributed by atoms with E-state index in [1.54, 1.807) is 42.5 Å². The third-order valence-corrected chi connectivity index (χ3v) is 8.73. The predicted octanol–water partition coefficient (Wildman–Crippen LogP) is 5.96. The zero-order chi connectivity index (χ0) is 29.8. The molecule has 2 aromatic carbocycles. The molecule has 0 unspecified atom stereocenters. The molecular formula is C30H29ClFN3O6S. The first-order valence-corrected chi connectivity index (χ1v) is 14.6. The van der Waals surface area contributed by atoms with Gasteiger partial charge in [0.25, 0.3) is 5.91 Å². The number of carbonyl (C=O) groups excluding carboxylic acids is 3. The molecule has 0 aliphatic carbocycles. The lowest BCUT2D eigenvalue weighted by molar-refractivity contribution is -0.140. The number of hydrogen-bond acceptors (Lipinski definition) is 8. The summed E-state index contributed by atoms with van der Waals surface area (Å²) in [7, 11) is 2.92. The van der Waals surface area contributed by atoms with Crippen molar-refractivity contribution in [2.24, 2.45) is 0 Å². The van der Waals surface area contributed by atoms with Gasteiger partial charge in [0.1, 0.15) is 22.7 Å². The molecule has 12 heteroatoms. The summed E-state index contributed by atoms with van der Waals surface area (Å²) in [6.45, 7) is 0.333. The second-order valence-corrected chi connectivity index (χ2v) is 11.5. The van der Waals surface area contributed by atoms with Crippen LogP contribution >= 0.6 is 22.9 Å². The fourth-order valence-electron chi connectivity index (χ4n) is 5.20. The van der Waals surface area contributed by atoms with E-state index >= 15 is 4.39 Å². The van der Waals surface area contributed by atoms with Gasteiger partial charge in [-0.05, 0) is 43.0 Å². The van der Waals surface area contributed by atoms with Crippen molar-refractivity contribution in [3.8, 4) is 0 Å². The summed E-state index contributed by atoms with van der Waals surface area (Å²) >= 11 is 7.89. The number of esters is 1. The number of aryl methyl sites for hydroxylation is 1. The zero-order valence-corrected chi connectivity index (χ0v) is 24.6. The van der Waals surface area contributed by atoms with Crippen LogP contribution in [-0.4, -0.2) is 54.5 Å². The average Bonchev–Trinajstić information content (AvgIpc) is 3.73. The summed E-state index contributed by atoms with van der Waals surface area (Å²) in [5, 5.41) is 4.11. The van der Waals surface area contributed by atoms with Crippen LogP contribution in [0.3, 0.4) is 0 Å². The molecule has 0 spiro atoms. The molecule has 2 aromatic heterocycles. The standard InChI is InChI=1S/C30H29ClFN3O6S/c1-39-15-18-7-9-25(30-33-14-19(42-30)8-10-28(37)40-2)35(18)27(36)12-17-11-22(31)24(13-23(17)32)34-29(38)21-16-41-26-6-4-3-5-20(21)26/h3-6,11,13-14,16,18,25H,7-10,12,15H2,1-2H3,(H,34,38)/t18-,25-/m0/s1. The number of fused-ring (bicyclic) bond motifs is 1. The first-order chi connectivity index (χ1) is 20.3. The van der Waals surface area contributed by atoms with Gasteiger partial charge in [-0.2, -0.15) is 0 Å². The van der Waals surface area contributed by atoms with Gasteiger partial charge in [-0.3, -0.25) is 14.4 Å². The quantitative estimate of drug-likeness (QED) is 0.220. The molecule has 5 rings (SSSR count). The molecule has 2 atom stereocenters. The first-order valence-electron chi connectivity index (χ1n) is 13.4. The van der Waals surface area contributed by atoms with Crippen molar-refractivity contribution < 1.29 is 32.7 Å². The third-order valence-electron chi connectivity index (χ3n) is 7.26. The lowest BCUT2D eigenvalue weighted by Gasteiger charge is -2.29. The first kappa shape index (κ1) is 29.7. The molecule has 220 valence electrons. The number of carbonyl (C=O) groups is 3. The second-order valence-electron chi connectivity index (χ2n) is 9.94. The maximum Gasteiger partial charge on any atom is 0.305 e. The van der Waals surface area contributed by atoms with Crippen LogP contribution < -0.4 is 5.32 Å². The van der Waals surface area contributed by atoms with Gasteiger partial charge in [0.05, 0.1) is 54.9 Å². The van der Waals surface area contributed by atoms with Crippen LogP contribution in [0.2, 0.25) is 5.02 Å². The Kier molecular flexibility index (Phi) is 9.20. The van der Waals surface area contributed by atoms with E-state index in [1.807, 2.05) is 0 Å². The van der Waals surface area contributed by atoms with E-state index in [1.165, 1.54) is 30.8 Å². The van der Waals surface area contributed by atoms with Gasteiger partial charge in [-0.25, -0.2) is 9.37 Å². The van der Waals surface area contributed by atoms with Gasteiger partial charge < -0.3 is 24.1 Å². The van der Waals surface area contributed by atoms with E-state index in [0.29, 0.717) is 42.4 Å². The van der Waals surface area contributed by atoms with Gasteiger partial charge in [-0.1, -0.05) is 29.8 Å². The Morgan fingerprint density at radius 1 is 1.21 bits per heavy atom. The minimum atomic E-state index is -0.668. The number of methoxy groups -OCH3 is 2. The molecule has 3 heterocycles. The van der Waals surface area contributed by atoms with E-state index < -0.39 is 11.7 Å². The number of thiazole rings is 1. The number of hydrogen-bond donors (Lipinski definition) is 1. The number of nitrogens with zero attached hydrogens (tertiary/aromatic N) is 2. The summed E-state index contributed by atoms with van der Waals surface area (Å²) in [5.41, 5.74) is 1.04. The minimum Gasteiger partial charge on any atom is -0.469 e. The number of para-hydroxylation sites is 1. The van der Waals surface area contributed by atoms with Crippen molar-refractivity contribution in [2.75, 3.05) is 26.1 Å². The molecule has 2 amide bonds. The van der Waals surface area contributed by atoms with Crippen molar-refractivity contribution >= 4 is 57.4 Å². The summed E-state index contributed by atoms with van der Waals surface area (Å²) in [6.07, 6.45) is 4.95. The van der Waals surface area contributed by atoms with Crippen LogP contribution in [0.25, 0.3) is 11.0 Å². The maximum atomic E-state index is 15.3. The number of benzene rings is 2. The second kappa shape index (κ2) is 13.0. The van der Waals surface area contributed by atoms with E-state index in [9.17, 15) is 14.4 Å². The number of likely N-dealkylation sites (tertiary alicyclic amines) is 1. The summed E-state index contributed by atoms with van der Waals surface area (Å²) < 4.78 is 30.8. The zero-order valence-electron chi connectivity index (χ0n) is 23.0. The van der Waals surface area contributed by atoms with Crippen LogP contribution in [0.5, 0.6) is 0 Å². The molecule has 1 aliphatic heterocycles. The van der Waals surface area contributed by atoms with Gasteiger partial charge in [0.2, 0.25) is 5.91 Å². The predicted molar refractivity (Wildman–Crippen MR) is 156 cm³/mol. The number of halogens is 2. The summed E-state index contributed by atoms with van der Waals surface area (Å²) in [5.74, 6) is -1.76. The highest BCUT2D eigenvalue weighted by atomic mass is 35.5. The molecule has 1 fully saturated rings. The molecule has 1 aliphatic rings. The van der Waals surface area contributed by atoms with Gasteiger partial charge in [0, 0.05) is 23.6 Å². The Balaban J connectivity index is 1.31. The topological polar surface area (TPSA) is 111 Å². The Morgan fingerprint density at radius 2 is 2.02 bits per heavy atom. The molecule has 0 bridgehead atoms. The molecule has 1 saturated heterocycles. The highest BCUT2D eigenvalue weighted by Crippen LogP contribution is 2.39. The molecule has 0 radical (unpaired) electrons. The monoisotopic (exact) mass is 613 g/mol. The Hall–Kier alpha value is -3.80. The molecule has 9 nitrogen and oxygen atoms in total. The fraction of sp³-hybridized carbons (Fsp3) is 0.333.